The fourth-order valence-electron chi connectivity index (χ4n) is 3.14. The Morgan fingerprint density at radius 3 is 2.53 bits per heavy atom. The van der Waals surface area contributed by atoms with Crippen LogP contribution in [0.1, 0.15) is 38.2 Å². The maximum atomic E-state index is 4.09. The van der Waals surface area contributed by atoms with Crippen molar-refractivity contribution >= 4 is 0 Å². The summed E-state index contributed by atoms with van der Waals surface area (Å²) in [6.07, 6.45) is 6.78. The largest absolute Gasteiger partial charge is 0.303 e. The lowest BCUT2D eigenvalue weighted by molar-refractivity contribution is 0.166. The molecule has 1 nitrogen and oxygen atoms in total. The fraction of sp³-hybridized carbons (Fsp3) is 0.611. The molecule has 0 aromatic heterocycles. The van der Waals surface area contributed by atoms with Crippen LogP contribution in [0.25, 0.3) is 0 Å². The Bertz CT molecular complexity index is 336. The van der Waals surface area contributed by atoms with Crippen LogP contribution in [0.2, 0.25) is 0 Å². The van der Waals surface area contributed by atoms with E-state index in [0.717, 1.165) is 5.92 Å². The molecule has 0 saturated carbocycles. The smallest absolute Gasteiger partial charge is 0.000702 e. The van der Waals surface area contributed by atoms with Gasteiger partial charge in [-0.05, 0) is 63.1 Å². The summed E-state index contributed by atoms with van der Waals surface area (Å²) >= 11 is 0. The van der Waals surface area contributed by atoms with E-state index >= 15 is 0 Å². The topological polar surface area (TPSA) is 3.24 Å². The zero-order valence-electron chi connectivity index (χ0n) is 12.4. The first-order valence-corrected chi connectivity index (χ1v) is 7.83. The molecule has 1 atom stereocenters. The maximum absolute atomic E-state index is 4.09. The Balaban J connectivity index is 1.61. The molecule has 1 aromatic rings. The molecular formula is C18H28N. The van der Waals surface area contributed by atoms with Gasteiger partial charge in [-0.3, -0.25) is 0 Å². The van der Waals surface area contributed by atoms with Crippen LogP contribution < -0.4 is 0 Å². The molecule has 105 valence electrons. The fourth-order valence-corrected chi connectivity index (χ4v) is 3.14. The second-order valence-electron chi connectivity index (χ2n) is 6.23. The number of piperidine rings is 1. The Morgan fingerprint density at radius 2 is 1.89 bits per heavy atom. The molecule has 0 amide bonds. The number of hydrogen-bond acceptors (Lipinski definition) is 1. The van der Waals surface area contributed by atoms with Gasteiger partial charge in [-0.2, -0.15) is 0 Å². The van der Waals surface area contributed by atoms with Gasteiger partial charge in [0.05, 0.1) is 0 Å². The maximum Gasteiger partial charge on any atom is 0.000702 e. The minimum absolute atomic E-state index is 0.564. The van der Waals surface area contributed by atoms with E-state index < -0.39 is 0 Å². The summed E-state index contributed by atoms with van der Waals surface area (Å²) < 4.78 is 0. The molecule has 1 heteroatoms. The molecule has 19 heavy (non-hydrogen) atoms. The van der Waals surface area contributed by atoms with E-state index in [-0.39, 0.29) is 0 Å². The monoisotopic (exact) mass is 258 g/mol. The molecule has 1 aliphatic heterocycles. The molecule has 1 aliphatic rings. The van der Waals surface area contributed by atoms with Gasteiger partial charge in [0.25, 0.3) is 0 Å². The molecule has 0 bridgehead atoms. The van der Waals surface area contributed by atoms with Crippen molar-refractivity contribution in [1.82, 2.24) is 4.90 Å². The summed E-state index contributed by atoms with van der Waals surface area (Å²) in [5.74, 6) is 1.52. The molecule has 1 saturated heterocycles. The minimum Gasteiger partial charge on any atom is -0.303 e. The lowest BCUT2D eigenvalue weighted by Crippen LogP contribution is -2.36. The highest BCUT2D eigenvalue weighted by Crippen LogP contribution is 2.23. The second-order valence-corrected chi connectivity index (χ2v) is 6.23. The standard InChI is InChI=1S/C18H28N/c1-16(2)15-19-13-11-18(12-14-19)10-6-9-17-7-4-3-5-8-17/h3-5,7-8,16,18H,1,6,9-15H2,2H3. The Morgan fingerprint density at radius 1 is 1.21 bits per heavy atom. The van der Waals surface area contributed by atoms with Crippen LogP contribution in [0.5, 0.6) is 0 Å². The van der Waals surface area contributed by atoms with Gasteiger partial charge in [0.2, 0.25) is 0 Å². The summed E-state index contributed by atoms with van der Waals surface area (Å²) in [6.45, 7) is 10.1. The van der Waals surface area contributed by atoms with Crippen LogP contribution in [-0.2, 0) is 6.42 Å². The van der Waals surface area contributed by atoms with E-state index in [0.29, 0.717) is 5.92 Å². The molecule has 1 fully saturated rings. The lowest BCUT2D eigenvalue weighted by atomic mass is 9.90. The first kappa shape index (κ1) is 14.6. The summed E-state index contributed by atoms with van der Waals surface area (Å²) in [5, 5.41) is 0. The third-order valence-corrected chi connectivity index (χ3v) is 4.20. The average molecular weight is 258 g/mol. The number of aryl methyl sites for hydroxylation is 1. The predicted molar refractivity (Wildman–Crippen MR) is 83.1 cm³/mol. The predicted octanol–water partition coefficient (Wildman–Crippen LogP) is 4.19. The molecule has 0 aliphatic carbocycles. The quantitative estimate of drug-likeness (QED) is 0.739. The number of rotatable bonds is 6. The van der Waals surface area contributed by atoms with E-state index in [4.69, 9.17) is 0 Å². The van der Waals surface area contributed by atoms with Gasteiger partial charge in [0, 0.05) is 6.54 Å². The van der Waals surface area contributed by atoms with Crippen LogP contribution in [0.15, 0.2) is 30.3 Å². The van der Waals surface area contributed by atoms with Crippen LogP contribution in [-0.4, -0.2) is 24.5 Å². The number of benzene rings is 1. The molecule has 0 spiro atoms. The van der Waals surface area contributed by atoms with E-state index in [1.807, 2.05) is 0 Å². The average Bonchev–Trinajstić information content (AvgIpc) is 2.41. The van der Waals surface area contributed by atoms with Gasteiger partial charge in [0.15, 0.2) is 0 Å². The highest BCUT2D eigenvalue weighted by atomic mass is 15.1. The molecule has 1 heterocycles. The van der Waals surface area contributed by atoms with Crippen molar-refractivity contribution in [2.45, 2.75) is 39.0 Å². The van der Waals surface area contributed by atoms with E-state index in [1.54, 1.807) is 0 Å². The van der Waals surface area contributed by atoms with Crippen molar-refractivity contribution in [2.24, 2.45) is 11.8 Å². The molecule has 1 aromatic carbocycles. The third kappa shape index (κ3) is 5.36. The molecule has 0 N–H and O–H groups in total. The van der Waals surface area contributed by atoms with Gasteiger partial charge in [0.1, 0.15) is 0 Å². The SMILES string of the molecule is [CH2]C(C)CN1CCC(CCCc2ccccc2)CC1. The van der Waals surface area contributed by atoms with Crippen LogP contribution in [0.3, 0.4) is 0 Å². The molecule has 1 radical (unpaired) electrons. The first-order chi connectivity index (χ1) is 9.24. The number of likely N-dealkylation sites (tertiary alicyclic amines) is 1. The van der Waals surface area contributed by atoms with Gasteiger partial charge in [-0.15, -0.1) is 0 Å². The first-order valence-electron chi connectivity index (χ1n) is 7.83. The Kier molecular flexibility index (Phi) is 5.91. The summed E-state index contributed by atoms with van der Waals surface area (Å²) in [6, 6.07) is 10.9. The highest BCUT2D eigenvalue weighted by molar-refractivity contribution is 5.14. The summed E-state index contributed by atoms with van der Waals surface area (Å²) in [5.41, 5.74) is 1.49. The number of nitrogens with zero attached hydrogens (tertiary/aromatic N) is 1. The van der Waals surface area contributed by atoms with Crippen LogP contribution >= 0.6 is 0 Å². The second kappa shape index (κ2) is 7.69. The lowest BCUT2D eigenvalue weighted by Gasteiger charge is -2.33. The van der Waals surface area contributed by atoms with Gasteiger partial charge < -0.3 is 4.90 Å². The van der Waals surface area contributed by atoms with Crippen molar-refractivity contribution in [3.63, 3.8) is 0 Å². The highest BCUT2D eigenvalue weighted by Gasteiger charge is 2.19. The summed E-state index contributed by atoms with van der Waals surface area (Å²) in [7, 11) is 0. The number of hydrogen-bond donors (Lipinski definition) is 0. The van der Waals surface area contributed by atoms with Crippen LogP contribution in [0, 0.1) is 18.8 Å². The summed E-state index contributed by atoms with van der Waals surface area (Å²) in [4.78, 5) is 2.59. The minimum atomic E-state index is 0.564. The van der Waals surface area contributed by atoms with Crippen molar-refractivity contribution in [1.29, 1.82) is 0 Å². The van der Waals surface area contributed by atoms with Gasteiger partial charge >= 0.3 is 0 Å². The van der Waals surface area contributed by atoms with Gasteiger partial charge in [-0.1, -0.05) is 43.7 Å². The van der Waals surface area contributed by atoms with E-state index in [1.165, 1.54) is 57.3 Å². The zero-order valence-corrected chi connectivity index (χ0v) is 12.4. The van der Waals surface area contributed by atoms with Crippen LogP contribution in [0.4, 0.5) is 0 Å². The van der Waals surface area contributed by atoms with Crippen molar-refractivity contribution < 1.29 is 0 Å². The Hall–Kier alpha value is -0.820. The molecule has 1 unspecified atom stereocenters. The normalized spacial score (nSPS) is 18.1. The van der Waals surface area contributed by atoms with E-state index in [9.17, 15) is 0 Å². The Labute approximate surface area is 119 Å². The zero-order chi connectivity index (χ0) is 13.5. The van der Waals surface area contributed by atoms with Gasteiger partial charge in [-0.25, -0.2) is 0 Å². The molecule has 2 rings (SSSR count). The third-order valence-electron chi connectivity index (χ3n) is 4.20. The van der Waals surface area contributed by atoms with Crippen molar-refractivity contribution in [3.8, 4) is 0 Å². The van der Waals surface area contributed by atoms with E-state index in [2.05, 4.69) is 49.1 Å². The van der Waals surface area contributed by atoms with Crippen molar-refractivity contribution in [3.05, 3.63) is 42.8 Å². The van der Waals surface area contributed by atoms with Crippen molar-refractivity contribution in [2.75, 3.05) is 19.6 Å². The molecular weight excluding hydrogens is 230 g/mol.